The van der Waals surface area contributed by atoms with Gasteiger partial charge < -0.3 is 10.2 Å². The molecule has 2 fully saturated rings. The second-order valence-corrected chi connectivity index (χ2v) is 7.43. The fourth-order valence-corrected chi connectivity index (χ4v) is 4.30. The summed E-state index contributed by atoms with van der Waals surface area (Å²) in [5, 5.41) is 3.20. The number of rotatable bonds is 4. The number of likely N-dealkylation sites (tertiary alicyclic amines) is 1. The highest BCUT2D eigenvalue weighted by molar-refractivity contribution is 5.80. The van der Waals surface area contributed by atoms with E-state index in [9.17, 15) is 4.79 Å². The molecule has 2 aliphatic heterocycles. The number of benzene rings is 1. The number of hydrogen-bond donors (Lipinski definition) is 1. The maximum absolute atomic E-state index is 12.6. The van der Waals surface area contributed by atoms with Crippen LogP contribution in [0.1, 0.15) is 19.4 Å². The van der Waals surface area contributed by atoms with Crippen molar-refractivity contribution < 1.29 is 4.79 Å². The van der Waals surface area contributed by atoms with Crippen LogP contribution in [-0.2, 0) is 11.3 Å². The van der Waals surface area contributed by atoms with Crippen molar-refractivity contribution in [3.8, 4) is 0 Å². The third kappa shape index (κ3) is 3.59. The molecule has 1 amide bonds. The highest BCUT2D eigenvalue weighted by atomic mass is 16.2. The summed E-state index contributed by atoms with van der Waals surface area (Å²) >= 11 is 0. The lowest BCUT2D eigenvalue weighted by atomic mass is 9.83. The predicted molar refractivity (Wildman–Crippen MR) is 93.0 cm³/mol. The summed E-state index contributed by atoms with van der Waals surface area (Å²) in [7, 11) is 2.01. The van der Waals surface area contributed by atoms with Crippen molar-refractivity contribution in [2.75, 3.05) is 33.2 Å². The topological polar surface area (TPSA) is 35.6 Å². The van der Waals surface area contributed by atoms with Gasteiger partial charge in [0, 0.05) is 45.8 Å². The summed E-state index contributed by atoms with van der Waals surface area (Å²) in [6.07, 6.45) is 0. The molecule has 1 aromatic rings. The van der Waals surface area contributed by atoms with E-state index in [1.165, 1.54) is 5.56 Å². The quantitative estimate of drug-likeness (QED) is 0.921. The molecule has 1 aromatic carbocycles. The van der Waals surface area contributed by atoms with Crippen LogP contribution in [-0.4, -0.2) is 55.0 Å². The predicted octanol–water partition coefficient (Wildman–Crippen LogP) is 1.82. The van der Waals surface area contributed by atoms with Crippen LogP contribution in [0.2, 0.25) is 0 Å². The zero-order valence-corrected chi connectivity index (χ0v) is 14.5. The zero-order valence-electron chi connectivity index (χ0n) is 14.5. The number of piperidine rings is 1. The van der Waals surface area contributed by atoms with Gasteiger partial charge in [0.05, 0.1) is 5.92 Å². The van der Waals surface area contributed by atoms with Crippen LogP contribution in [0, 0.1) is 17.8 Å². The molecule has 0 aliphatic carbocycles. The second kappa shape index (κ2) is 7.02. The van der Waals surface area contributed by atoms with Crippen molar-refractivity contribution in [1.82, 2.24) is 15.1 Å². The Morgan fingerprint density at radius 1 is 1.17 bits per heavy atom. The monoisotopic (exact) mass is 315 g/mol. The van der Waals surface area contributed by atoms with Gasteiger partial charge in [0.1, 0.15) is 0 Å². The van der Waals surface area contributed by atoms with E-state index >= 15 is 0 Å². The zero-order chi connectivity index (χ0) is 16.4. The van der Waals surface area contributed by atoms with Crippen molar-refractivity contribution in [3.63, 3.8) is 0 Å². The first-order valence-electron chi connectivity index (χ1n) is 8.80. The fourth-order valence-electron chi connectivity index (χ4n) is 4.30. The van der Waals surface area contributed by atoms with Crippen molar-refractivity contribution in [2.24, 2.45) is 17.8 Å². The average Bonchev–Trinajstić information content (AvgIpc) is 2.45. The molecule has 0 bridgehead atoms. The Morgan fingerprint density at radius 3 is 2.30 bits per heavy atom. The number of carbonyl (C=O) groups excluding carboxylic acids is 1. The van der Waals surface area contributed by atoms with E-state index in [-0.39, 0.29) is 5.92 Å². The first-order valence-corrected chi connectivity index (χ1v) is 8.80. The van der Waals surface area contributed by atoms with E-state index in [2.05, 4.69) is 54.4 Å². The highest BCUT2D eigenvalue weighted by Gasteiger charge is 2.39. The van der Waals surface area contributed by atoms with Gasteiger partial charge in [0.15, 0.2) is 0 Å². The van der Waals surface area contributed by atoms with Gasteiger partial charge >= 0.3 is 0 Å². The minimum absolute atomic E-state index is 0.196. The first-order chi connectivity index (χ1) is 11.1. The summed E-state index contributed by atoms with van der Waals surface area (Å²) in [5.74, 6) is 1.53. The molecule has 0 radical (unpaired) electrons. The molecule has 2 saturated heterocycles. The highest BCUT2D eigenvalue weighted by Crippen LogP contribution is 2.28. The standard InChI is InChI=1S/C19H29N3O/c1-14-11-22(13-16-7-5-4-6-8-16)12-15(2)18(14)21(3)19(23)17-9-20-10-17/h4-8,14-15,17-18,20H,9-13H2,1-3H3. The van der Waals surface area contributed by atoms with Crippen LogP contribution in [0.3, 0.4) is 0 Å². The van der Waals surface area contributed by atoms with E-state index in [1.807, 2.05) is 11.9 Å². The lowest BCUT2D eigenvalue weighted by Crippen LogP contribution is -2.59. The maximum atomic E-state index is 12.6. The van der Waals surface area contributed by atoms with E-state index in [4.69, 9.17) is 0 Å². The lowest BCUT2D eigenvalue weighted by molar-refractivity contribution is -0.141. The summed E-state index contributed by atoms with van der Waals surface area (Å²) in [6.45, 7) is 9.40. The summed E-state index contributed by atoms with van der Waals surface area (Å²) in [4.78, 5) is 17.1. The Kier molecular flexibility index (Phi) is 5.02. The van der Waals surface area contributed by atoms with Crippen molar-refractivity contribution in [3.05, 3.63) is 35.9 Å². The number of nitrogens with one attached hydrogen (secondary N) is 1. The Morgan fingerprint density at radius 2 is 1.78 bits per heavy atom. The molecule has 4 heteroatoms. The molecular weight excluding hydrogens is 286 g/mol. The van der Waals surface area contributed by atoms with Crippen LogP contribution in [0.25, 0.3) is 0 Å². The smallest absolute Gasteiger partial charge is 0.228 e. The number of nitrogens with zero attached hydrogens (tertiary/aromatic N) is 2. The molecule has 0 aromatic heterocycles. The molecular formula is C19H29N3O. The normalized spacial score (nSPS) is 29.1. The van der Waals surface area contributed by atoms with E-state index < -0.39 is 0 Å². The summed E-state index contributed by atoms with van der Waals surface area (Å²) in [6, 6.07) is 11.0. The summed E-state index contributed by atoms with van der Waals surface area (Å²) in [5.41, 5.74) is 1.37. The largest absolute Gasteiger partial charge is 0.342 e. The SMILES string of the molecule is CC1CN(Cc2ccccc2)CC(C)C1N(C)C(=O)C1CNC1. The molecule has 2 aliphatic rings. The van der Waals surface area contributed by atoms with E-state index in [0.717, 1.165) is 32.7 Å². The lowest BCUT2D eigenvalue weighted by Gasteiger charge is -2.46. The molecule has 3 rings (SSSR count). The minimum atomic E-state index is 0.196. The third-order valence-electron chi connectivity index (χ3n) is 5.43. The number of hydrogen-bond acceptors (Lipinski definition) is 3. The third-order valence-corrected chi connectivity index (χ3v) is 5.43. The Bertz CT molecular complexity index is 517. The second-order valence-electron chi connectivity index (χ2n) is 7.43. The molecule has 23 heavy (non-hydrogen) atoms. The van der Waals surface area contributed by atoms with Gasteiger partial charge in [0.25, 0.3) is 0 Å². The first kappa shape index (κ1) is 16.5. The maximum Gasteiger partial charge on any atom is 0.228 e. The fraction of sp³-hybridized carbons (Fsp3) is 0.632. The van der Waals surface area contributed by atoms with Gasteiger partial charge in [-0.15, -0.1) is 0 Å². The van der Waals surface area contributed by atoms with Crippen LogP contribution < -0.4 is 5.32 Å². The number of amides is 1. The van der Waals surface area contributed by atoms with Gasteiger partial charge in [-0.3, -0.25) is 9.69 Å². The van der Waals surface area contributed by atoms with Crippen LogP contribution in [0.5, 0.6) is 0 Å². The van der Waals surface area contributed by atoms with Crippen LogP contribution in [0.4, 0.5) is 0 Å². The van der Waals surface area contributed by atoms with Crippen LogP contribution >= 0.6 is 0 Å². The molecule has 4 nitrogen and oxygen atoms in total. The molecule has 126 valence electrons. The van der Waals surface area contributed by atoms with Crippen molar-refractivity contribution in [1.29, 1.82) is 0 Å². The van der Waals surface area contributed by atoms with Gasteiger partial charge in [-0.25, -0.2) is 0 Å². The minimum Gasteiger partial charge on any atom is -0.342 e. The average molecular weight is 315 g/mol. The molecule has 1 N–H and O–H groups in total. The molecule has 2 atom stereocenters. The summed E-state index contributed by atoms with van der Waals surface area (Å²) < 4.78 is 0. The Balaban J connectivity index is 1.61. The Hall–Kier alpha value is -1.39. The molecule has 0 saturated carbocycles. The van der Waals surface area contributed by atoms with Gasteiger partial charge in [-0.1, -0.05) is 44.2 Å². The van der Waals surface area contributed by atoms with Crippen molar-refractivity contribution >= 4 is 5.91 Å². The molecule has 2 unspecified atom stereocenters. The molecule has 2 heterocycles. The van der Waals surface area contributed by atoms with Gasteiger partial charge in [-0.05, 0) is 17.4 Å². The van der Waals surface area contributed by atoms with Gasteiger partial charge in [-0.2, -0.15) is 0 Å². The molecule has 0 spiro atoms. The van der Waals surface area contributed by atoms with Crippen LogP contribution in [0.15, 0.2) is 30.3 Å². The Labute approximate surface area is 139 Å². The van der Waals surface area contributed by atoms with E-state index in [0.29, 0.717) is 23.8 Å². The number of carbonyl (C=O) groups is 1. The van der Waals surface area contributed by atoms with E-state index in [1.54, 1.807) is 0 Å². The van der Waals surface area contributed by atoms with Gasteiger partial charge in [0.2, 0.25) is 5.91 Å². The van der Waals surface area contributed by atoms with Crippen molar-refractivity contribution in [2.45, 2.75) is 26.4 Å².